The van der Waals surface area contributed by atoms with Gasteiger partial charge in [0.2, 0.25) is 0 Å². The van der Waals surface area contributed by atoms with Crippen LogP contribution in [0.2, 0.25) is 0 Å². The summed E-state index contributed by atoms with van der Waals surface area (Å²) in [6.45, 7) is 6.07. The van der Waals surface area contributed by atoms with E-state index in [1.54, 1.807) is 0 Å². The van der Waals surface area contributed by atoms with Crippen LogP contribution in [0.4, 0.5) is 5.69 Å². The molecule has 2 aliphatic rings. The largest absolute Gasteiger partial charge is 0.399 e. The number of halogens is 1. The summed E-state index contributed by atoms with van der Waals surface area (Å²) >= 11 is 3.52. The quantitative estimate of drug-likeness (QED) is 0.868. The summed E-state index contributed by atoms with van der Waals surface area (Å²) in [5.41, 5.74) is 8.06. The molecule has 104 valence electrons. The maximum absolute atomic E-state index is 5.90. The van der Waals surface area contributed by atoms with Crippen molar-refractivity contribution in [3.05, 3.63) is 28.2 Å². The van der Waals surface area contributed by atoms with Gasteiger partial charge in [-0.05, 0) is 56.1 Å². The molecule has 2 heterocycles. The molecule has 4 heteroatoms. The molecule has 0 amide bonds. The molecule has 2 aliphatic heterocycles. The van der Waals surface area contributed by atoms with E-state index in [0.717, 1.165) is 22.7 Å². The van der Waals surface area contributed by atoms with Crippen molar-refractivity contribution in [1.82, 2.24) is 9.80 Å². The van der Waals surface area contributed by atoms with E-state index in [1.165, 1.54) is 51.0 Å². The SMILES string of the molecule is Nc1cc(Br)cc(CN2CCC(N3CCCC3)C2)c1. The van der Waals surface area contributed by atoms with Crippen LogP contribution in [-0.2, 0) is 6.54 Å². The van der Waals surface area contributed by atoms with Gasteiger partial charge in [0.25, 0.3) is 0 Å². The Labute approximate surface area is 123 Å². The number of benzene rings is 1. The lowest BCUT2D eigenvalue weighted by atomic mass is 10.2. The van der Waals surface area contributed by atoms with Gasteiger partial charge in [-0.1, -0.05) is 15.9 Å². The van der Waals surface area contributed by atoms with E-state index >= 15 is 0 Å². The Bertz CT molecular complexity index is 423. The topological polar surface area (TPSA) is 32.5 Å². The Morgan fingerprint density at radius 1 is 1.16 bits per heavy atom. The third kappa shape index (κ3) is 3.30. The summed E-state index contributed by atoms with van der Waals surface area (Å²) < 4.78 is 1.08. The average molecular weight is 324 g/mol. The summed E-state index contributed by atoms with van der Waals surface area (Å²) in [4.78, 5) is 5.24. The van der Waals surface area contributed by atoms with E-state index in [4.69, 9.17) is 5.73 Å². The Hall–Kier alpha value is -0.580. The fourth-order valence-corrected chi connectivity index (χ4v) is 3.94. The highest BCUT2D eigenvalue weighted by molar-refractivity contribution is 9.10. The fraction of sp³-hybridized carbons (Fsp3) is 0.600. The third-order valence-electron chi connectivity index (χ3n) is 4.29. The van der Waals surface area contributed by atoms with Crippen molar-refractivity contribution in [1.29, 1.82) is 0 Å². The highest BCUT2D eigenvalue weighted by Crippen LogP contribution is 2.23. The van der Waals surface area contributed by atoms with Gasteiger partial charge in [0.05, 0.1) is 0 Å². The number of likely N-dealkylation sites (tertiary alicyclic amines) is 2. The van der Waals surface area contributed by atoms with Gasteiger partial charge >= 0.3 is 0 Å². The zero-order valence-electron chi connectivity index (χ0n) is 11.3. The van der Waals surface area contributed by atoms with E-state index < -0.39 is 0 Å². The minimum Gasteiger partial charge on any atom is -0.399 e. The number of hydrogen-bond donors (Lipinski definition) is 1. The fourth-order valence-electron chi connectivity index (χ4n) is 3.39. The molecule has 0 aromatic heterocycles. The smallest absolute Gasteiger partial charge is 0.0328 e. The maximum Gasteiger partial charge on any atom is 0.0328 e. The van der Waals surface area contributed by atoms with Crippen LogP contribution in [0.15, 0.2) is 22.7 Å². The Morgan fingerprint density at radius 3 is 2.68 bits per heavy atom. The molecule has 0 aliphatic carbocycles. The monoisotopic (exact) mass is 323 g/mol. The summed E-state index contributed by atoms with van der Waals surface area (Å²) in [6.07, 6.45) is 4.10. The van der Waals surface area contributed by atoms with E-state index in [1.807, 2.05) is 6.07 Å². The van der Waals surface area contributed by atoms with Crippen LogP contribution in [0.1, 0.15) is 24.8 Å². The van der Waals surface area contributed by atoms with Gasteiger partial charge in [-0.25, -0.2) is 0 Å². The average Bonchev–Trinajstić information content (AvgIpc) is 2.96. The predicted octanol–water partition coefficient (Wildman–Crippen LogP) is 2.70. The van der Waals surface area contributed by atoms with Gasteiger partial charge < -0.3 is 5.73 Å². The Kier molecular flexibility index (Phi) is 4.10. The molecule has 1 aromatic rings. The van der Waals surface area contributed by atoms with Crippen molar-refractivity contribution in [3.63, 3.8) is 0 Å². The molecule has 19 heavy (non-hydrogen) atoms. The van der Waals surface area contributed by atoms with Crippen molar-refractivity contribution in [3.8, 4) is 0 Å². The van der Waals surface area contributed by atoms with Crippen LogP contribution in [-0.4, -0.2) is 42.0 Å². The summed E-state index contributed by atoms with van der Waals surface area (Å²) in [6, 6.07) is 7.01. The van der Waals surface area contributed by atoms with Crippen LogP contribution in [0.25, 0.3) is 0 Å². The predicted molar refractivity (Wildman–Crippen MR) is 83.0 cm³/mol. The van der Waals surface area contributed by atoms with Crippen molar-refractivity contribution in [2.24, 2.45) is 0 Å². The summed E-state index contributed by atoms with van der Waals surface area (Å²) in [7, 11) is 0. The molecule has 0 saturated carbocycles. The van der Waals surface area contributed by atoms with Gasteiger partial charge in [0.15, 0.2) is 0 Å². The molecule has 1 aromatic carbocycles. The molecular weight excluding hydrogens is 302 g/mol. The second-order valence-corrected chi connectivity index (χ2v) is 6.73. The normalized spacial score (nSPS) is 25.2. The van der Waals surface area contributed by atoms with Crippen LogP contribution < -0.4 is 5.73 Å². The molecule has 2 saturated heterocycles. The number of rotatable bonds is 3. The van der Waals surface area contributed by atoms with Crippen molar-refractivity contribution < 1.29 is 0 Å². The first-order valence-corrected chi connectivity index (χ1v) is 8.01. The van der Waals surface area contributed by atoms with E-state index in [-0.39, 0.29) is 0 Å². The van der Waals surface area contributed by atoms with Crippen LogP contribution in [0.5, 0.6) is 0 Å². The minimum atomic E-state index is 0.784. The van der Waals surface area contributed by atoms with Gasteiger partial charge in [-0.2, -0.15) is 0 Å². The second kappa shape index (κ2) is 5.81. The number of nitrogen functional groups attached to an aromatic ring is 1. The van der Waals surface area contributed by atoms with E-state index in [2.05, 4.69) is 37.9 Å². The second-order valence-electron chi connectivity index (χ2n) is 5.81. The molecule has 1 atom stereocenters. The van der Waals surface area contributed by atoms with E-state index in [9.17, 15) is 0 Å². The molecule has 2 N–H and O–H groups in total. The minimum absolute atomic E-state index is 0.784. The highest BCUT2D eigenvalue weighted by atomic mass is 79.9. The zero-order chi connectivity index (χ0) is 13.2. The van der Waals surface area contributed by atoms with E-state index in [0.29, 0.717) is 0 Å². The molecule has 3 nitrogen and oxygen atoms in total. The van der Waals surface area contributed by atoms with Gasteiger partial charge in [-0.3, -0.25) is 9.80 Å². The first-order valence-electron chi connectivity index (χ1n) is 7.22. The van der Waals surface area contributed by atoms with Gasteiger partial charge in [-0.15, -0.1) is 0 Å². The van der Waals surface area contributed by atoms with Crippen molar-refractivity contribution in [2.75, 3.05) is 31.9 Å². The lowest BCUT2D eigenvalue weighted by Crippen LogP contribution is -2.35. The number of anilines is 1. The van der Waals surface area contributed by atoms with Gasteiger partial charge in [0.1, 0.15) is 0 Å². The molecule has 1 unspecified atom stereocenters. The number of nitrogens with zero attached hydrogens (tertiary/aromatic N) is 2. The van der Waals surface area contributed by atoms with Crippen molar-refractivity contribution in [2.45, 2.75) is 31.8 Å². The molecule has 2 fully saturated rings. The third-order valence-corrected chi connectivity index (χ3v) is 4.75. The Morgan fingerprint density at radius 2 is 1.95 bits per heavy atom. The first-order chi connectivity index (χ1) is 9.20. The molecule has 0 spiro atoms. The summed E-state index contributed by atoms with van der Waals surface area (Å²) in [5, 5.41) is 0. The lowest BCUT2D eigenvalue weighted by Gasteiger charge is -2.23. The Balaban J connectivity index is 1.59. The van der Waals surface area contributed by atoms with Gasteiger partial charge in [0, 0.05) is 35.8 Å². The molecule has 3 rings (SSSR count). The van der Waals surface area contributed by atoms with Crippen molar-refractivity contribution >= 4 is 21.6 Å². The molecular formula is C15H22BrN3. The molecule has 0 bridgehead atoms. The van der Waals surface area contributed by atoms with Crippen LogP contribution >= 0.6 is 15.9 Å². The standard InChI is InChI=1S/C15H22BrN3/c16-13-7-12(8-14(17)9-13)10-18-6-3-15(11-18)19-4-1-2-5-19/h7-9,15H,1-6,10-11,17H2. The lowest BCUT2D eigenvalue weighted by molar-refractivity contribution is 0.230. The number of nitrogens with two attached hydrogens (primary N) is 1. The zero-order valence-corrected chi connectivity index (χ0v) is 12.9. The van der Waals surface area contributed by atoms with Crippen LogP contribution in [0.3, 0.4) is 0 Å². The first kappa shape index (κ1) is 13.4. The maximum atomic E-state index is 5.90. The highest BCUT2D eigenvalue weighted by Gasteiger charge is 2.28. The van der Waals surface area contributed by atoms with Crippen LogP contribution in [0, 0.1) is 0 Å². The summed E-state index contributed by atoms with van der Waals surface area (Å²) in [5.74, 6) is 0. The number of hydrogen-bond acceptors (Lipinski definition) is 3. The molecule has 0 radical (unpaired) electrons.